The van der Waals surface area contributed by atoms with Gasteiger partial charge >= 0.3 is 0 Å². The highest BCUT2D eigenvalue weighted by Gasteiger charge is 2.71. The molecule has 3 aliphatic rings. The van der Waals surface area contributed by atoms with Crippen LogP contribution in [0.1, 0.15) is 55.0 Å². The number of carbonyl (C=O) groups is 3. The summed E-state index contributed by atoms with van der Waals surface area (Å²) in [6.07, 6.45) is 3.71. The van der Waals surface area contributed by atoms with E-state index in [0.29, 0.717) is 39.8 Å². The molecule has 42 heavy (non-hydrogen) atoms. The first kappa shape index (κ1) is 26.4. The van der Waals surface area contributed by atoms with Crippen molar-refractivity contribution in [2.24, 2.45) is 5.41 Å². The first-order chi connectivity index (χ1) is 20.4. The molecule has 1 fully saturated rings. The van der Waals surface area contributed by atoms with Crippen LogP contribution in [0.25, 0.3) is 6.08 Å². The Morgan fingerprint density at radius 1 is 0.929 bits per heavy atom. The van der Waals surface area contributed by atoms with E-state index in [9.17, 15) is 18.8 Å². The van der Waals surface area contributed by atoms with E-state index in [4.69, 9.17) is 16.3 Å². The van der Waals surface area contributed by atoms with E-state index in [1.807, 2.05) is 48.2 Å². The van der Waals surface area contributed by atoms with Crippen molar-refractivity contribution in [2.45, 2.75) is 24.9 Å². The van der Waals surface area contributed by atoms with Crippen molar-refractivity contribution < 1.29 is 23.5 Å². The average molecular weight is 578 g/mol. The van der Waals surface area contributed by atoms with Crippen molar-refractivity contribution in [3.8, 4) is 5.75 Å². The summed E-state index contributed by atoms with van der Waals surface area (Å²) >= 11 is 6.36. The number of Topliss-reactive ketones (excluding diaryl/α,β-unsaturated/α-hetero) is 3. The zero-order valence-corrected chi connectivity index (χ0v) is 23.3. The highest BCUT2D eigenvalue weighted by Crippen LogP contribution is 2.62. The molecule has 5 nitrogen and oxygen atoms in total. The molecule has 2 heterocycles. The highest BCUT2D eigenvalue weighted by atomic mass is 35.5. The third kappa shape index (κ3) is 3.58. The predicted octanol–water partition coefficient (Wildman–Crippen LogP) is 7.19. The Balaban J connectivity index is 1.56. The molecule has 4 aromatic rings. The Hall–Kier alpha value is -4.55. The lowest BCUT2D eigenvalue weighted by atomic mass is 9.64. The lowest BCUT2D eigenvalue weighted by molar-refractivity contribution is 0.0664. The third-order valence-corrected chi connectivity index (χ3v) is 8.95. The summed E-state index contributed by atoms with van der Waals surface area (Å²) in [5.74, 6) is -1.89. The third-order valence-electron chi connectivity index (χ3n) is 8.72. The van der Waals surface area contributed by atoms with Gasteiger partial charge in [-0.15, -0.1) is 0 Å². The maximum absolute atomic E-state index is 14.8. The van der Waals surface area contributed by atoms with Crippen LogP contribution in [0.15, 0.2) is 97.1 Å². The molecule has 208 valence electrons. The number of anilines is 1. The van der Waals surface area contributed by atoms with Gasteiger partial charge in [0.15, 0.2) is 17.3 Å². The Labute approximate surface area is 247 Å². The highest BCUT2D eigenvalue weighted by molar-refractivity contribution is 6.33. The molecule has 0 bridgehead atoms. The monoisotopic (exact) mass is 577 g/mol. The zero-order valence-electron chi connectivity index (χ0n) is 22.6. The number of nitrogens with zero attached hydrogens (tertiary/aromatic N) is 1. The van der Waals surface area contributed by atoms with Crippen molar-refractivity contribution in [2.75, 3.05) is 11.5 Å². The Bertz CT molecular complexity index is 1780. The molecule has 7 heteroatoms. The van der Waals surface area contributed by atoms with Gasteiger partial charge in [0.05, 0.1) is 12.6 Å². The minimum Gasteiger partial charge on any atom is -0.494 e. The molecule has 0 N–H and O–H groups in total. The van der Waals surface area contributed by atoms with Gasteiger partial charge in [0.2, 0.25) is 0 Å². The van der Waals surface area contributed by atoms with Gasteiger partial charge in [-0.3, -0.25) is 14.4 Å². The number of ether oxygens (including phenoxy) is 1. The molecule has 0 unspecified atom stereocenters. The molecule has 1 aliphatic carbocycles. The number of hydrogen-bond acceptors (Lipinski definition) is 5. The van der Waals surface area contributed by atoms with Crippen LogP contribution in [0.3, 0.4) is 0 Å². The smallest absolute Gasteiger partial charge is 0.185 e. The second-order valence-electron chi connectivity index (χ2n) is 10.8. The lowest BCUT2D eigenvalue weighted by Crippen LogP contribution is -2.48. The molecule has 1 spiro atoms. The molecule has 1 saturated heterocycles. The number of ketones is 3. The van der Waals surface area contributed by atoms with E-state index in [-0.39, 0.29) is 22.9 Å². The topological polar surface area (TPSA) is 63.7 Å². The van der Waals surface area contributed by atoms with Crippen molar-refractivity contribution >= 4 is 40.7 Å². The normalized spacial score (nSPS) is 21.3. The number of para-hydroxylation sites is 1. The van der Waals surface area contributed by atoms with Crippen LogP contribution in [0.5, 0.6) is 5.75 Å². The van der Waals surface area contributed by atoms with Crippen LogP contribution in [-0.4, -0.2) is 36.0 Å². The first-order valence-electron chi connectivity index (χ1n) is 13.8. The summed E-state index contributed by atoms with van der Waals surface area (Å²) in [6.45, 7) is 2.21. The van der Waals surface area contributed by atoms with Gasteiger partial charge in [-0.1, -0.05) is 66.2 Å². The molecule has 2 aliphatic heterocycles. The molecule has 4 aromatic carbocycles. The summed E-state index contributed by atoms with van der Waals surface area (Å²) in [6, 6.07) is 23.0. The molecule has 7 rings (SSSR count). The maximum Gasteiger partial charge on any atom is 0.185 e. The van der Waals surface area contributed by atoms with Crippen molar-refractivity contribution in [3.05, 3.63) is 136 Å². The van der Waals surface area contributed by atoms with Crippen LogP contribution < -0.4 is 9.64 Å². The number of hydrogen-bond donors (Lipinski definition) is 0. The predicted molar refractivity (Wildman–Crippen MR) is 159 cm³/mol. The molecular weight excluding hydrogens is 553 g/mol. The SMILES string of the molecule is CCOc1ccccc1[C@H]1[C@@H](C(=O)c2ccc(F)cc2)N2c3ccc(Cl)cc3C=C[C@@H]2C12C(=O)c1ccccc1C2=O. The second-order valence-corrected chi connectivity index (χ2v) is 11.2. The Kier molecular flexibility index (Phi) is 6.13. The van der Waals surface area contributed by atoms with Crippen LogP contribution in [0.2, 0.25) is 5.02 Å². The fourth-order valence-electron chi connectivity index (χ4n) is 7.10. The van der Waals surface area contributed by atoms with E-state index in [0.717, 1.165) is 5.56 Å². The average Bonchev–Trinajstić information content (AvgIpc) is 3.43. The summed E-state index contributed by atoms with van der Waals surface area (Å²) in [5, 5.41) is 0.519. The van der Waals surface area contributed by atoms with Gasteiger partial charge in [0.1, 0.15) is 23.0 Å². The number of carbonyl (C=O) groups excluding carboxylic acids is 3. The van der Waals surface area contributed by atoms with Gasteiger partial charge < -0.3 is 9.64 Å². The Morgan fingerprint density at radius 2 is 1.60 bits per heavy atom. The maximum atomic E-state index is 14.8. The summed E-state index contributed by atoms with van der Waals surface area (Å²) in [5.41, 5.74) is 1.33. The molecule has 0 aromatic heterocycles. The second kappa shape index (κ2) is 9.78. The van der Waals surface area contributed by atoms with Gasteiger partial charge in [-0.2, -0.15) is 0 Å². The summed E-state index contributed by atoms with van der Waals surface area (Å²) in [4.78, 5) is 46.1. The van der Waals surface area contributed by atoms with E-state index in [1.54, 1.807) is 42.5 Å². The molecule has 3 atom stereocenters. The number of benzene rings is 4. The van der Waals surface area contributed by atoms with E-state index in [1.165, 1.54) is 24.3 Å². The molecule has 0 saturated carbocycles. The molecule has 0 radical (unpaired) electrons. The number of rotatable bonds is 5. The minimum absolute atomic E-state index is 0.275. The standard InChI is InChI=1S/C35H25ClFNO4/c1-2-42-28-10-6-5-9-26(28)30-31(32(39)20-11-15-23(37)16-12-20)38-27-17-14-22(36)19-21(27)13-18-29(38)35(30)33(40)24-7-3-4-8-25(24)34(35)41/h3-19,29-31H,2H2,1H3/t29-,30+,31+/m1/s1. The molecule has 0 amide bonds. The van der Waals surface area contributed by atoms with Crippen molar-refractivity contribution in [1.82, 2.24) is 0 Å². The van der Waals surface area contributed by atoms with Crippen LogP contribution in [-0.2, 0) is 0 Å². The lowest BCUT2D eigenvalue weighted by Gasteiger charge is -2.37. The van der Waals surface area contributed by atoms with Crippen LogP contribution in [0, 0.1) is 11.2 Å². The fourth-order valence-corrected chi connectivity index (χ4v) is 7.28. The van der Waals surface area contributed by atoms with Gasteiger partial charge in [0, 0.05) is 38.9 Å². The van der Waals surface area contributed by atoms with Gasteiger partial charge in [0.25, 0.3) is 0 Å². The van der Waals surface area contributed by atoms with Crippen molar-refractivity contribution in [1.29, 1.82) is 0 Å². The largest absolute Gasteiger partial charge is 0.494 e. The summed E-state index contributed by atoms with van der Waals surface area (Å²) < 4.78 is 20.0. The zero-order chi connectivity index (χ0) is 29.2. The van der Waals surface area contributed by atoms with Gasteiger partial charge in [-0.25, -0.2) is 4.39 Å². The fraction of sp³-hybridized carbons (Fsp3) is 0.171. The van der Waals surface area contributed by atoms with Crippen LogP contribution >= 0.6 is 11.6 Å². The van der Waals surface area contributed by atoms with Gasteiger partial charge in [-0.05, 0) is 61.0 Å². The number of halogens is 2. The Morgan fingerprint density at radius 3 is 2.29 bits per heavy atom. The van der Waals surface area contributed by atoms with E-state index < -0.39 is 29.2 Å². The summed E-state index contributed by atoms with van der Waals surface area (Å²) in [7, 11) is 0. The van der Waals surface area contributed by atoms with E-state index >= 15 is 0 Å². The van der Waals surface area contributed by atoms with Crippen LogP contribution in [0.4, 0.5) is 10.1 Å². The quantitative estimate of drug-likeness (QED) is 0.185. The molecular formula is C35H25ClFNO4. The van der Waals surface area contributed by atoms with Crippen molar-refractivity contribution in [3.63, 3.8) is 0 Å². The number of fused-ring (bicyclic) bond motifs is 5. The first-order valence-corrected chi connectivity index (χ1v) is 14.2. The minimum atomic E-state index is -1.66. The van der Waals surface area contributed by atoms with E-state index in [2.05, 4.69) is 0 Å².